The second kappa shape index (κ2) is 9.16. The summed E-state index contributed by atoms with van der Waals surface area (Å²) >= 11 is 0. The van der Waals surface area contributed by atoms with Crippen LogP contribution in [0.4, 0.5) is 13.2 Å². The minimum absolute atomic E-state index is 0.0277. The average molecular weight is 380 g/mol. The van der Waals surface area contributed by atoms with Crippen LogP contribution in [0.25, 0.3) is 0 Å². The summed E-state index contributed by atoms with van der Waals surface area (Å²) in [5.74, 6) is 1.19. The van der Waals surface area contributed by atoms with E-state index in [2.05, 4.69) is 12.7 Å². The van der Waals surface area contributed by atoms with Crippen molar-refractivity contribution in [1.82, 2.24) is 0 Å². The van der Waals surface area contributed by atoms with Gasteiger partial charge in [-0.05, 0) is 93.6 Å². The van der Waals surface area contributed by atoms with E-state index in [0.717, 1.165) is 31.6 Å². The van der Waals surface area contributed by atoms with E-state index in [-0.39, 0.29) is 18.3 Å². The number of allylic oxidation sites excluding steroid dienone is 1. The highest BCUT2D eigenvalue weighted by atomic mass is 19.3. The summed E-state index contributed by atoms with van der Waals surface area (Å²) in [5.41, 5.74) is 0.0376. The minimum Gasteiger partial charge on any atom is -0.491 e. The molecule has 0 heterocycles. The highest BCUT2D eigenvalue weighted by Crippen LogP contribution is 2.46. The molecule has 0 aliphatic heterocycles. The molecule has 0 spiro atoms. The van der Waals surface area contributed by atoms with Crippen LogP contribution in [-0.2, 0) is 0 Å². The molecule has 0 atom stereocenters. The molecule has 0 N–H and O–H groups in total. The lowest BCUT2D eigenvalue weighted by Crippen LogP contribution is -2.25. The van der Waals surface area contributed by atoms with Gasteiger partial charge in [-0.15, -0.1) is 6.58 Å². The van der Waals surface area contributed by atoms with Gasteiger partial charge in [-0.2, -0.15) is 0 Å². The van der Waals surface area contributed by atoms with E-state index in [9.17, 15) is 13.2 Å². The molecule has 0 radical (unpaired) electrons. The Kier molecular flexibility index (Phi) is 6.88. The first-order chi connectivity index (χ1) is 13.0. The predicted octanol–water partition coefficient (Wildman–Crippen LogP) is 7.43. The monoisotopic (exact) mass is 380 g/mol. The highest BCUT2D eigenvalue weighted by Gasteiger charge is 2.33. The van der Waals surface area contributed by atoms with E-state index in [4.69, 9.17) is 4.74 Å². The Labute approximate surface area is 161 Å². The number of rotatable bonds is 6. The van der Waals surface area contributed by atoms with Crippen molar-refractivity contribution in [2.24, 2.45) is 17.8 Å². The van der Waals surface area contributed by atoms with Crippen LogP contribution in [0.5, 0.6) is 5.75 Å². The van der Waals surface area contributed by atoms with Crippen molar-refractivity contribution in [3.05, 3.63) is 41.7 Å². The smallest absolute Gasteiger partial charge is 0.267 e. The number of hydrogen-bond acceptors (Lipinski definition) is 1. The molecule has 2 fully saturated rings. The van der Waals surface area contributed by atoms with Crippen LogP contribution in [-0.4, -0.2) is 6.61 Å². The predicted molar refractivity (Wildman–Crippen MR) is 103 cm³/mol. The highest BCUT2D eigenvalue weighted by molar-refractivity contribution is 5.40. The molecule has 2 aliphatic carbocycles. The van der Waals surface area contributed by atoms with Gasteiger partial charge in [-0.25, -0.2) is 13.2 Å². The molecule has 1 nitrogen and oxygen atoms in total. The fraction of sp³-hybridized carbons (Fsp3) is 0.652. The molecular weight excluding hydrogens is 349 g/mol. The zero-order valence-electron chi connectivity index (χ0n) is 16.2. The first-order valence-electron chi connectivity index (χ1n) is 10.4. The maximum atomic E-state index is 14.6. The van der Waals surface area contributed by atoms with Gasteiger partial charge in [0.1, 0.15) is 0 Å². The maximum absolute atomic E-state index is 14.6. The molecule has 1 aromatic rings. The molecule has 4 heteroatoms. The third-order valence-corrected chi connectivity index (χ3v) is 6.72. The number of alkyl halides is 2. The third kappa shape index (κ3) is 4.52. The minimum atomic E-state index is -2.81. The first-order valence-corrected chi connectivity index (χ1v) is 10.4. The van der Waals surface area contributed by atoms with Gasteiger partial charge in [0.25, 0.3) is 6.43 Å². The summed E-state index contributed by atoms with van der Waals surface area (Å²) in [4.78, 5) is 0. The molecule has 0 unspecified atom stereocenters. The van der Waals surface area contributed by atoms with Crippen molar-refractivity contribution in [2.75, 3.05) is 6.61 Å². The molecule has 2 saturated carbocycles. The van der Waals surface area contributed by atoms with Crippen LogP contribution in [0.1, 0.15) is 81.8 Å². The van der Waals surface area contributed by atoms with Crippen molar-refractivity contribution < 1.29 is 17.9 Å². The summed E-state index contributed by atoms with van der Waals surface area (Å²) in [6.45, 7) is 5.90. The van der Waals surface area contributed by atoms with Crippen molar-refractivity contribution in [3.63, 3.8) is 0 Å². The first kappa shape index (κ1) is 20.3. The Bertz CT molecular complexity index is 627. The lowest BCUT2D eigenvalue weighted by atomic mass is 9.68. The summed E-state index contributed by atoms with van der Waals surface area (Å²) in [6, 6.07) is 3.18. The Balaban J connectivity index is 1.67. The van der Waals surface area contributed by atoms with E-state index in [1.807, 2.05) is 0 Å². The zero-order chi connectivity index (χ0) is 19.4. The van der Waals surface area contributed by atoms with Gasteiger partial charge in [-0.3, -0.25) is 0 Å². The van der Waals surface area contributed by atoms with Crippen LogP contribution < -0.4 is 4.74 Å². The van der Waals surface area contributed by atoms with Crippen molar-refractivity contribution in [3.8, 4) is 5.75 Å². The molecule has 27 heavy (non-hydrogen) atoms. The number of ether oxygens (including phenoxy) is 1. The lowest BCUT2D eigenvalue weighted by molar-refractivity contribution is 0.140. The number of halogens is 3. The molecule has 3 rings (SSSR count). The molecule has 1 aromatic carbocycles. The molecule has 0 bridgehead atoms. The fourth-order valence-electron chi connectivity index (χ4n) is 5.19. The molecular formula is C23H31F3O. The van der Waals surface area contributed by atoms with Gasteiger partial charge in [-0.1, -0.05) is 12.1 Å². The summed E-state index contributed by atoms with van der Waals surface area (Å²) in [5, 5.41) is 0. The van der Waals surface area contributed by atoms with Gasteiger partial charge in [0.15, 0.2) is 11.6 Å². The molecule has 0 saturated heterocycles. The summed E-state index contributed by atoms with van der Waals surface area (Å²) in [7, 11) is 0. The zero-order valence-corrected chi connectivity index (χ0v) is 16.2. The SMILES string of the molecule is C=CC1CCC(C2CCC(c3ccc(OCC)c(F)c3C(F)F)CC2)CC1. The fourth-order valence-corrected chi connectivity index (χ4v) is 5.19. The Morgan fingerprint density at radius 1 is 1.04 bits per heavy atom. The Morgan fingerprint density at radius 3 is 2.15 bits per heavy atom. The third-order valence-electron chi connectivity index (χ3n) is 6.72. The molecule has 2 aliphatic rings. The van der Waals surface area contributed by atoms with E-state index in [1.165, 1.54) is 31.7 Å². The largest absolute Gasteiger partial charge is 0.491 e. The molecule has 150 valence electrons. The van der Waals surface area contributed by atoms with Crippen LogP contribution in [0.15, 0.2) is 24.8 Å². The standard InChI is InChI=1S/C23H31F3O/c1-3-15-5-7-16(8-6-15)17-9-11-18(12-10-17)19-13-14-20(27-4-2)22(24)21(19)23(25)26/h3,13-18,23H,1,4-12H2,2H3. The Hall–Kier alpha value is -1.45. The normalized spacial score (nSPS) is 28.9. The molecule has 0 aromatic heterocycles. The lowest BCUT2D eigenvalue weighted by Gasteiger charge is -2.38. The quantitative estimate of drug-likeness (QED) is 0.466. The van der Waals surface area contributed by atoms with Gasteiger partial charge in [0.05, 0.1) is 12.2 Å². The van der Waals surface area contributed by atoms with Crippen LogP contribution >= 0.6 is 0 Å². The van der Waals surface area contributed by atoms with Crippen LogP contribution in [0, 0.1) is 23.6 Å². The van der Waals surface area contributed by atoms with E-state index >= 15 is 0 Å². The Morgan fingerprint density at radius 2 is 1.63 bits per heavy atom. The van der Waals surface area contributed by atoms with E-state index in [1.54, 1.807) is 13.0 Å². The van der Waals surface area contributed by atoms with Gasteiger partial charge in [0.2, 0.25) is 0 Å². The van der Waals surface area contributed by atoms with Gasteiger partial charge >= 0.3 is 0 Å². The average Bonchev–Trinajstić information content (AvgIpc) is 2.69. The number of hydrogen-bond donors (Lipinski definition) is 0. The van der Waals surface area contributed by atoms with Crippen LogP contribution in [0.3, 0.4) is 0 Å². The van der Waals surface area contributed by atoms with E-state index < -0.39 is 17.8 Å². The van der Waals surface area contributed by atoms with Crippen molar-refractivity contribution >= 4 is 0 Å². The second-order valence-electron chi connectivity index (χ2n) is 8.14. The molecule has 0 amide bonds. The number of benzene rings is 1. The summed E-state index contributed by atoms with van der Waals surface area (Å²) in [6.07, 6.45) is 8.11. The summed E-state index contributed by atoms with van der Waals surface area (Å²) < 4.78 is 46.9. The second-order valence-corrected chi connectivity index (χ2v) is 8.14. The van der Waals surface area contributed by atoms with Gasteiger partial charge < -0.3 is 4.74 Å². The van der Waals surface area contributed by atoms with Crippen LogP contribution in [0.2, 0.25) is 0 Å². The maximum Gasteiger partial charge on any atom is 0.267 e. The topological polar surface area (TPSA) is 9.23 Å². The van der Waals surface area contributed by atoms with Crippen molar-refractivity contribution in [2.45, 2.75) is 70.6 Å². The van der Waals surface area contributed by atoms with Gasteiger partial charge in [0, 0.05) is 0 Å². The van der Waals surface area contributed by atoms with E-state index in [0.29, 0.717) is 17.4 Å². The van der Waals surface area contributed by atoms with Crippen molar-refractivity contribution in [1.29, 1.82) is 0 Å².